The first-order valence-corrected chi connectivity index (χ1v) is 7.51. The largest absolute Gasteiger partial charge is 0.391 e. The number of thiocarbonyl (C=S) groups is 1. The Hall–Kier alpha value is -0.650. The number of carbonyl (C=O) groups excluding carboxylic acids is 1. The van der Waals surface area contributed by atoms with Gasteiger partial charge in [-0.05, 0) is 31.0 Å². The average Bonchev–Trinajstić information content (AvgIpc) is 2.34. The first-order chi connectivity index (χ1) is 8.84. The van der Waals surface area contributed by atoms with E-state index in [0.29, 0.717) is 28.4 Å². The lowest BCUT2D eigenvalue weighted by molar-refractivity contribution is 0.0920. The van der Waals surface area contributed by atoms with Crippen LogP contribution >= 0.6 is 39.7 Å². The first-order valence-electron chi connectivity index (χ1n) is 5.93. The summed E-state index contributed by atoms with van der Waals surface area (Å²) in [6.45, 7) is 3.88. The number of nitrogens with two attached hydrogens (primary N) is 1. The Labute approximate surface area is 132 Å². The van der Waals surface area contributed by atoms with Crippen LogP contribution in [-0.4, -0.2) is 16.4 Å². The fraction of sp³-hybridized carbons (Fsp3) is 0.385. The molecule has 0 bridgehead atoms. The summed E-state index contributed by atoms with van der Waals surface area (Å²) in [5.41, 5.74) is 5.58. The van der Waals surface area contributed by atoms with Crippen LogP contribution in [0.2, 0.25) is 5.02 Å². The lowest BCUT2D eigenvalue weighted by Crippen LogP contribution is -2.55. The smallest absolute Gasteiger partial charge is 0.252 e. The number of rotatable bonds is 5. The molecule has 1 aromatic carbocycles. The van der Waals surface area contributed by atoms with Crippen LogP contribution in [0, 0.1) is 0 Å². The number of benzene rings is 1. The van der Waals surface area contributed by atoms with Gasteiger partial charge in [0.15, 0.2) is 0 Å². The molecule has 0 fully saturated rings. The summed E-state index contributed by atoms with van der Waals surface area (Å²) >= 11 is 14.3. The van der Waals surface area contributed by atoms with Crippen LogP contribution in [0.1, 0.15) is 37.0 Å². The zero-order chi connectivity index (χ0) is 14.6. The van der Waals surface area contributed by atoms with Crippen molar-refractivity contribution >= 4 is 50.6 Å². The monoisotopic (exact) mass is 362 g/mol. The van der Waals surface area contributed by atoms with Gasteiger partial charge in [-0.1, -0.05) is 53.6 Å². The maximum Gasteiger partial charge on any atom is 0.252 e. The second kappa shape index (κ2) is 6.68. The number of carbonyl (C=O) groups is 1. The van der Waals surface area contributed by atoms with Crippen molar-refractivity contribution in [1.82, 2.24) is 5.32 Å². The molecule has 0 saturated heterocycles. The Kier molecular flexibility index (Phi) is 5.77. The standard InChI is InChI=1S/C13H16BrClN2OS/c1-3-13(4-2,12(16)19)17-11(18)8-5-9(14)7-10(15)6-8/h5-7H,3-4H2,1-2H3,(H2,16,19)(H,17,18). The minimum Gasteiger partial charge on any atom is -0.391 e. The lowest BCUT2D eigenvalue weighted by Gasteiger charge is -2.31. The summed E-state index contributed by atoms with van der Waals surface area (Å²) in [7, 11) is 0. The van der Waals surface area contributed by atoms with Gasteiger partial charge in [-0.2, -0.15) is 0 Å². The van der Waals surface area contributed by atoms with E-state index in [-0.39, 0.29) is 5.91 Å². The highest BCUT2D eigenvalue weighted by atomic mass is 79.9. The van der Waals surface area contributed by atoms with Crippen molar-refractivity contribution in [1.29, 1.82) is 0 Å². The maximum atomic E-state index is 12.3. The van der Waals surface area contributed by atoms with Crippen molar-refractivity contribution in [2.24, 2.45) is 5.73 Å². The van der Waals surface area contributed by atoms with Gasteiger partial charge in [0.2, 0.25) is 0 Å². The average molecular weight is 364 g/mol. The molecule has 1 aromatic rings. The van der Waals surface area contributed by atoms with Gasteiger partial charge in [-0.3, -0.25) is 4.79 Å². The third-order valence-corrected chi connectivity index (χ3v) is 4.22. The van der Waals surface area contributed by atoms with Crippen molar-refractivity contribution in [2.75, 3.05) is 0 Å². The van der Waals surface area contributed by atoms with Crippen molar-refractivity contribution < 1.29 is 4.79 Å². The van der Waals surface area contributed by atoms with E-state index in [1.165, 1.54) is 0 Å². The van der Waals surface area contributed by atoms with E-state index in [1.54, 1.807) is 18.2 Å². The molecule has 1 rings (SSSR count). The second-order valence-corrected chi connectivity index (χ2v) is 6.06. The molecule has 3 N–H and O–H groups in total. The molecule has 0 aliphatic carbocycles. The van der Waals surface area contributed by atoms with E-state index < -0.39 is 5.54 Å². The number of hydrogen-bond donors (Lipinski definition) is 2. The van der Waals surface area contributed by atoms with Crippen molar-refractivity contribution in [3.05, 3.63) is 33.3 Å². The Morgan fingerprint density at radius 1 is 1.42 bits per heavy atom. The predicted molar refractivity (Wildman–Crippen MR) is 86.7 cm³/mol. The minimum absolute atomic E-state index is 0.236. The molecular formula is C13H16BrClN2OS. The molecule has 0 radical (unpaired) electrons. The Balaban J connectivity index is 3.03. The highest BCUT2D eigenvalue weighted by Crippen LogP contribution is 2.21. The highest BCUT2D eigenvalue weighted by Gasteiger charge is 2.31. The molecule has 0 heterocycles. The fourth-order valence-corrected chi connectivity index (χ4v) is 3.01. The normalized spacial score (nSPS) is 11.2. The zero-order valence-corrected chi connectivity index (χ0v) is 14.0. The summed E-state index contributed by atoms with van der Waals surface area (Å²) in [6.07, 6.45) is 1.29. The molecule has 0 aromatic heterocycles. The van der Waals surface area contributed by atoms with E-state index in [9.17, 15) is 4.79 Å². The Morgan fingerprint density at radius 2 is 2.00 bits per heavy atom. The molecule has 0 aliphatic rings. The highest BCUT2D eigenvalue weighted by molar-refractivity contribution is 9.10. The van der Waals surface area contributed by atoms with E-state index in [4.69, 9.17) is 29.6 Å². The molecule has 0 atom stereocenters. The van der Waals surface area contributed by atoms with E-state index in [0.717, 1.165) is 4.47 Å². The molecule has 0 unspecified atom stereocenters. The van der Waals surface area contributed by atoms with Crippen molar-refractivity contribution in [2.45, 2.75) is 32.2 Å². The molecule has 0 spiro atoms. The second-order valence-electron chi connectivity index (χ2n) is 4.27. The molecule has 1 amide bonds. The van der Waals surface area contributed by atoms with Crippen LogP contribution in [0.3, 0.4) is 0 Å². The van der Waals surface area contributed by atoms with Gasteiger partial charge in [0.1, 0.15) is 0 Å². The van der Waals surface area contributed by atoms with Crippen molar-refractivity contribution in [3.8, 4) is 0 Å². The van der Waals surface area contributed by atoms with Gasteiger partial charge in [0.05, 0.1) is 10.5 Å². The van der Waals surface area contributed by atoms with Crippen LogP contribution in [0.15, 0.2) is 22.7 Å². The summed E-state index contributed by atoms with van der Waals surface area (Å²) in [5, 5.41) is 3.41. The van der Waals surface area contributed by atoms with E-state index >= 15 is 0 Å². The fourth-order valence-electron chi connectivity index (χ4n) is 1.81. The molecule has 104 valence electrons. The molecule has 6 heteroatoms. The van der Waals surface area contributed by atoms with Gasteiger partial charge in [-0.15, -0.1) is 0 Å². The number of nitrogens with one attached hydrogen (secondary N) is 1. The SMILES string of the molecule is CCC(CC)(NC(=O)c1cc(Cl)cc(Br)c1)C(N)=S. The van der Waals surface area contributed by atoms with Crippen LogP contribution < -0.4 is 11.1 Å². The first kappa shape index (κ1) is 16.4. The molecular weight excluding hydrogens is 348 g/mol. The Morgan fingerprint density at radius 3 is 2.42 bits per heavy atom. The van der Waals surface area contributed by atoms with Crippen LogP contribution in [0.25, 0.3) is 0 Å². The third kappa shape index (κ3) is 3.91. The molecule has 0 aliphatic heterocycles. The third-order valence-electron chi connectivity index (χ3n) is 3.16. The molecule has 19 heavy (non-hydrogen) atoms. The quantitative estimate of drug-likeness (QED) is 0.785. The van der Waals surface area contributed by atoms with Gasteiger partial charge < -0.3 is 11.1 Å². The van der Waals surface area contributed by atoms with Crippen molar-refractivity contribution in [3.63, 3.8) is 0 Å². The maximum absolute atomic E-state index is 12.3. The minimum atomic E-state index is -0.652. The van der Waals surface area contributed by atoms with Gasteiger partial charge in [0, 0.05) is 15.1 Å². The summed E-state index contributed by atoms with van der Waals surface area (Å²) in [4.78, 5) is 12.6. The van der Waals surface area contributed by atoms with Crippen LogP contribution in [0.4, 0.5) is 0 Å². The number of hydrogen-bond acceptors (Lipinski definition) is 2. The number of halogens is 2. The Bertz CT molecular complexity index is 483. The number of amides is 1. The van der Waals surface area contributed by atoms with Gasteiger partial charge >= 0.3 is 0 Å². The summed E-state index contributed by atoms with van der Waals surface area (Å²) in [6, 6.07) is 5.03. The summed E-state index contributed by atoms with van der Waals surface area (Å²) < 4.78 is 0.749. The van der Waals surface area contributed by atoms with Crippen LogP contribution in [-0.2, 0) is 0 Å². The topological polar surface area (TPSA) is 55.1 Å². The molecule has 3 nitrogen and oxygen atoms in total. The lowest BCUT2D eigenvalue weighted by atomic mass is 9.92. The zero-order valence-electron chi connectivity index (χ0n) is 10.8. The van der Waals surface area contributed by atoms with E-state index in [1.807, 2.05) is 13.8 Å². The summed E-state index contributed by atoms with van der Waals surface area (Å²) in [5.74, 6) is -0.236. The van der Waals surface area contributed by atoms with Gasteiger partial charge in [-0.25, -0.2) is 0 Å². The van der Waals surface area contributed by atoms with Gasteiger partial charge in [0.25, 0.3) is 5.91 Å². The van der Waals surface area contributed by atoms with E-state index in [2.05, 4.69) is 21.2 Å². The molecule has 0 saturated carbocycles. The van der Waals surface area contributed by atoms with Crippen LogP contribution in [0.5, 0.6) is 0 Å². The predicted octanol–water partition coefficient (Wildman–Crippen LogP) is 3.68.